The molecule has 8 aromatic carbocycles. The van der Waals surface area contributed by atoms with Crippen LogP contribution in [-0.2, 0) is 0 Å². The summed E-state index contributed by atoms with van der Waals surface area (Å²) in [7, 11) is 0. The summed E-state index contributed by atoms with van der Waals surface area (Å²) in [6.45, 7) is 19.5. The number of benzene rings is 8. The quantitative estimate of drug-likeness (QED) is 0.0946. The van der Waals surface area contributed by atoms with Gasteiger partial charge in [-0.1, -0.05) is 201 Å². The summed E-state index contributed by atoms with van der Waals surface area (Å²) in [5.74, 6) is 0. The number of hydrogen-bond donors (Lipinski definition) is 0. The van der Waals surface area contributed by atoms with Crippen molar-refractivity contribution in [2.75, 3.05) is 9.80 Å². The lowest BCUT2D eigenvalue weighted by molar-refractivity contribution is 1.20. The van der Waals surface area contributed by atoms with Gasteiger partial charge in [0.25, 0.3) is 0 Å². The molecule has 334 valence electrons. The molecule has 68 heavy (non-hydrogen) atoms. The summed E-state index contributed by atoms with van der Waals surface area (Å²) < 4.78 is 1.31. The van der Waals surface area contributed by atoms with Gasteiger partial charge in [0.05, 0.1) is 27.6 Å². The molecular weight excluding hydrogens is 861 g/mol. The zero-order chi connectivity index (χ0) is 47.1. The number of hydrogen-bond acceptors (Lipinski definition) is 4. The van der Waals surface area contributed by atoms with Gasteiger partial charge in [-0.3, -0.25) is 0 Å². The van der Waals surface area contributed by atoms with E-state index in [0.29, 0.717) is 0 Å². The van der Waals surface area contributed by atoms with Crippen LogP contribution in [0, 0.1) is 6.92 Å². The van der Waals surface area contributed by atoms with Crippen LogP contribution in [0.1, 0.15) is 44.6 Å². The lowest BCUT2D eigenvalue weighted by Gasteiger charge is -2.29. The lowest BCUT2D eigenvalue weighted by atomic mass is 9.99. The normalized spacial score (nSPS) is 12.1. The standard InChI is InChI=1S/C64H56N2S2/c1-8-20-60(64-45(7)54-26-16-17-31-63(54)68-64)66(59-30-19-25-51-23-13-15-28-56(51)59)53-42-38-49(39-43-53)47-34-32-46(33-35-47)48-36-40-52(41-37-48)65(58-29-18-24-50-22-12-14-27-55(50)58)57(10-3)61(11-4)67-62(21-9-2)44(5)6/h9-43H,3-4,8H2,1-2,5-7H3/b21-9-,60-20+,61-57-. The summed E-state index contributed by atoms with van der Waals surface area (Å²) in [6.07, 6.45) is 11.5. The number of aryl methyl sites for hydroxylation is 1. The van der Waals surface area contributed by atoms with Crippen LogP contribution in [0.3, 0.4) is 0 Å². The van der Waals surface area contributed by atoms with Crippen molar-refractivity contribution >= 4 is 83.2 Å². The van der Waals surface area contributed by atoms with Crippen molar-refractivity contribution in [2.24, 2.45) is 0 Å². The van der Waals surface area contributed by atoms with E-state index in [0.717, 1.165) is 50.6 Å². The second kappa shape index (κ2) is 20.7. The SMILES string of the molecule is C=C/C(SC(/C=C\C)=C(C)C)=C(\C=C)N(c1ccc(-c2ccc(-c3ccc(N(/C(=C/CC)c4sc5ccccc5c4C)c4cccc5ccccc45)cc3)cc2)cc1)c1cccc2ccccc12. The minimum absolute atomic E-state index is 0.913. The van der Waals surface area contributed by atoms with Crippen molar-refractivity contribution in [2.45, 2.75) is 41.0 Å². The van der Waals surface area contributed by atoms with Crippen LogP contribution >= 0.6 is 23.1 Å². The molecular formula is C64H56N2S2. The Bertz CT molecular complexity index is 3400. The van der Waals surface area contributed by atoms with E-state index in [1.165, 1.54) is 69.7 Å². The summed E-state index contributed by atoms with van der Waals surface area (Å²) in [6, 6.07) is 66.1. The number of fused-ring (bicyclic) bond motifs is 3. The Morgan fingerprint density at radius 1 is 0.544 bits per heavy atom. The van der Waals surface area contributed by atoms with E-state index in [1.807, 2.05) is 23.5 Å². The Labute approximate surface area is 410 Å². The van der Waals surface area contributed by atoms with E-state index in [9.17, 15) is 0 Å². The molecule has 9 aromatic rings. The molecule has 0 saturated carbocycles. The average molecular weight is 917 g/mol. The monoisotopic (exact) mass is 916 g/mol. The van der Waals surface area contributed by atoms with Gasteiger partial charge < -0.3 is 9.80 Å². The highest BCUT2D eigenvalue weighted by Gasteiger charge is 2.23. The van der Waals surface area contributed by atoms with Gasteiger partial charge in [0.2, 0.25) is 0 Å². The van der Waals surface area contributed by atoms with E-state index in [4.69, 9.17) is 0 Å². The van der Waals surface area contributed by atoms with Crippen LogP contribution in [0.5, 0.6) is 0 Å². The van der Waals surface area contributed by atoms with Gasteiger partial charge in [-0.05, 0) is 127 Å². The van der Waals surface area contributed by atoms with Crippen LogP contribution in [-0.4, -0.2) is 0 Å². The fourth-order valence-corrected chi connectivity index (χ4v) is 11.3. The smallest absolute Gasteiger partial charge is 0.0597 e. The van der Waals surface area contributed by atoms with E-state index < -0.39 is 0 Å². The first-order valence-electron chi connectivity index (χ1n) is 23.3. The average Bonchev–Trinajstić information content (AvgIpc) is 3.72. The predicted octanol–water partition coefficient (Wildman–Crippen LogP) is 19.8. The molecule has 1 aromatic heterocycles. The molecule has 0 spiro atoms. The summed E-state index contributed by atoms with van der Waals surface area (Å²) >= 11 is 3.60. The first kappa shape index (κ1) is 45.8. The number of thiophene rings is 1. The molecule has 0 aliphatic rings. The molecule has 0 aliphatic carbocycles. The first-order valence-corrected chi connectivity index (χ1v) is 25.0. The number of anilines is 4. The summed E-state index contributed by atoms with van der Waals surface area (Å²) in [5, 5.41) is 6.10. The van der Waals surface area contributed by atoms with Gasteiger partial charge in [-0.25, -0.2) is 0 Å². The van der Waals surface area contributed by atoms with Crippen molar-refractivity contribution in [1.29, 1.82) is 0 Å². The zero-order valence-electron chi connectivity index (χ0n) is 39.5. The minimum Gasteiger partial charge on any atom is -0.309 e. The van der Waals surface area contributed by atoms with Gasteiger partial charge in [-0.15, -0.1) is 11.3 Å². The van der Waals surface area contributed by atoms with Crippen molar-refractivity contribution in [3.8, 4) is 22.3 Å². The van der Waals surface area contributed by atoms with Gasteiger partial charge in [-0.2, -0.15) is 0 Å². The molecule has 0 amide bonds. The van der Waals surface area contributed by atoms with Crippen molar-refractivity contribution < 1.29 is 0 Å². The molecule has 1 heterocycles. The zero-order valence-corrected chi connectivity index (χ0v) is 41.2. The maximum atomic E-state index is 4.36. The van der Waals surface area contributed by atoms with Gasteiger partial charge in [0.1, 0.15) is 0 Å². The molecule has 0 unspecified atom stereocenters. The predicted molar refractivity (Wildman–Crippen MR) is 303 cm³/mol. The fourth-order valence-electron chi connectivity index (χ4n) is 9.05. The molecule has 0 atom stereocenters. The third kappa shape index (κ3) is 9.18. The Balaban J connectivity index is 1.05. The highest BCUT2D eigenvalue weighted by Crippen LogP contribution is 2.45. The lowest BCUT2D eigenvalue weighted by Crippen LogP contribution is -2.17. The molecule has 9 rings (SSSR count). The van der Waals surface area contributed by atoms with Gasteiger partial charge in [0, 0.05) is 36.7 Å². The third-order valence-electron chi connectivity index (χ3n) is 12.4. The number of nitrogens with zero attached hydrogens (tertiary/aromatic N) is 2. The second-order valence-corrected chi connectivity index (χ2v) is 19.1. The molecule has 0 N–H and O–H groups in total. The molecule has 0 aliphatic heterocycles. The van der Waals surface area contributed by atoms with Crippen LogP contribution in [0.2, 0.25) is 0 Å². The van der Waals surface area contributed by atoms with E-state index in [1.54, 1.807) is 11.8 Å². The Hall–Kier alpha value is -7.37. The van der Waals surface area contributed by atoms with Crippen molar-refractivity contribution in [3.63, 3.8) is 0 Å². The van der Waals surface area contributed by atoms with E-state index in [-0.39, 0.29) is 0 Å². The third-order valence-corrected chi connectivity index (χ3v) is 15.1. The maximum absolute atomic E-state index is 4.36. The van der Waals surface area contributed by atoms with Crippen LogP contribution in [0.4, 0.5) is 22.7 Å². The molecule has 0 bridgehead atoms. The van der Waals surface area contributed by atoms with Crippen LogP contribution in [0.15, 0.2) is 247 Å². The number of thioether (sulfide) groups is 1. The Kier molecular flexibility index (Phi) is 13.9. The molecule has 4 heteroatoms. The summed E-state index contributed by atoms with van der Waals surface area (Å²) in [4.78, 5) is 8.30. The van der Waals surface area contributed by atoms with Crippen LogP contribution in [0.25, 0.3) is 59.6 Å². The molecule has 0 radical (unpaired) electrons. The molecule has 0 fully saturated rings. The minimum atomic E-state index is 0.913. The Morgan fingerprint density at radius 3 is 1.50 bits per heavy atom. The van der Waals surface area contributed by atoms with Gasteiger partial charge >= 0.3 is 0 Å². The molecule has 0 saturated heterocycles. The highest BCUT2D eigenvalue weighted by atomic mass is 32.2. The number of allylic oxidation sites excluding steroid dienone is 6. The summed E-state index contributed by atoms with van der Waals surface area (Å²) in [5.41, 5.74) is 13.8. The van der Waals surface area contributed by atoms with Gasteiger partial charge in [0.15, 0.2) is 0 Å². The van der Waals surface area contributed by atoms with E-state index in [2.05, 4.69) is 258 Å². The number of rotatable bonds is 15. The fraction of sp³-hybridized carbons (Fsp3) is 0.0938. The van der Waals surface area contributed by atoms with E-state index >= 15 is 0 Å². The molecule has 2 nitrogen and oxygen atoms in total. The topological polar surface area (TPSA) is 6.48 Å². The maximum Gasteiger partial charge on any atom is 0.0597 e. The largest absolute Gasteiger partial charge is 0.309 e. The highest BCUT2D eigenvalue weighted by molar-refractivity contribution is 8.07. The van der Waals surface area contributed by atoms with Crippen molar-refractivity contribution in [3.05, 3.63) is 257 Å². The van der Waals surface area contributed by atoms with Crippen LogP contribution < -0.4 is 9.80 Å². The first-order chi connectivity index (χ1) is 33.3. The second-order valence-electron chi connectivity index (χ2n) is 17.0. The Morgan fingerprint density at radius 2 is 1.01 bits per heavy atom. The van der Waals surface area contributed by atoms with Crippen molar-refractivity contribution in [1.82, 2.24) is 0 Å².